The van der Waals surface area contributed by atoms with Gasteiger partial charge in [0, 0.05) is 17.7 Å². The van der Waals surface area contributed by atoms with Gasteiger partial charge in [-0.2, -0.15) is 0 Å². The predicted octanol–water partition coefficient (Wildman–Crippen LogP) is 3.80. The predicted molar refractivity (Wildman–Crippen MR) is 77.2 cm³/mol. The van der Waals surface area contributed by atoms with Gasteiger partial charge in [-0.3, -0.25) is 10.1 Å². The third-order valence-electron chi connectivity index (χ3n) is 2.91. The van der Waals surface area contributed by atoms with E-state index in [1.165, 1.54) is 18.2 Å². The summed E-state index contributed by atoms with van der Waals surface area (Å²) in [4.78, 5) is 10.4. The number of nitrogens with zero attached hydrogens (tertiary/aromatic N) is 1. The number of nitro benzene ring substituents is 1. The highest BCUT2D eigenvalue weighted by Crippen LogP contribution is 2.35. The zero-order chi connectivity index (χ0) is 15.4. The van der Waals surface area contributed by atoms with Crippen LogP contribution in [-0.4, -0.2) is 16.6 Å². The number of nitro groups is 1. The monoisotopic (exact) mass is 289 g/mol. The Labute approximate surface area is 121 Å². The first-order valence-corrected chi connectivity index (χ1v) is 6.40. The van der Waals surface area contributed by atoms with Crippen molar-refractivity contribution in [1.29, 1.82) is 0 Å². The van der Waals surface area contributed by atoms with Gasteiger partial charge in [0.25, 0.3) is 0 Å². The lowest BCUT2D eigenvalue weighted by Gasteiger charge is -2.11. The average Bonchev–Trinajstić information content (AvgIpc) is 2.44. The maximum Gasteiger partial charge on any atom is 0.311 e. The Morgan fingerprint density at radius 3 is 2.67 bits per heavy atom. The molecule has 0 spiro atoms. The molecule has 2 rings (SSSR count). The van der Waals surface area contributed by atoms with Gasteiger partial charge in [0.1, 0.15) is 17.2 Å². The molecule has 0 aliphatic heterocycles. The maximum absolute atomic E-state index is 10.9. The van der Waals surface area contributed by atoms with Crippen LogP contribution in [0.15, 0.2) is 36.4 Å². The first-order valence-electron chi connectivity index (χ1n) is 6.40. The zero-order valence-corrected chi connectivity index (χ0v) is 11.7. The van der Waals surface area contributed by atoms with Gasteiger partial charge >= 0.3 is 5.69 Å². The average molecular weight is 289 g/mol. The van der Waals surface area contributed by atoms with Crippen LogP contribution >= 0.6 is 0 Å². The first-order chi connectivity index (χ1) is 10.0. The van der Waals surface area contributed by atoms with Crippen molar-refractivity contribution in [1.82, 2.24) is 0 Å². The molecule has 0 radical (unpaired) electrons. The molecule has 1 N–H and O–H groups in total. The number of phenolic OH excluding ortho intramolecular Hbond substituents is 1. The van der Waals surface area contributed by atoms with Gasteiger partial charge in [0.15, 0.2) is 0 Å². The number of hydrogen-bond donors (Lipinski definition) is 1. The number of hydrogen-bond acceptors (Lipinski definition) is 5. The summed E-state index contributed by atoms with van der Waals surface area (Å²) in [6, 6.07) is 9.21. The number of phenols is 1. The minimum atomic E-state index is -0.506. The molecule has 0 amide bonds. The molecule has 21 heavy (non-hydrogen) atoms. The van der Waals surface area contributed by atoms with E-state index >= 15 is 0 Å². The number of aromatic hydroxyl groups is 1. The highest BCUT2D eigenvalue weighted by atomic mass is 16.6. The van der Waals surface area contributed by atoms with Crippen molar-refractivity contribution in [3.8, 4) is 23.0 Å². The molecule has 0 unspecified atom stereocenters. The number of ether oxygens (including phenoxy) is 2. The van der Waals surface area contributed by atoms with Gasteiger partial charge in [-0.15, -0.1) is 0 Å². The normalized spacial score (nSPS) is 10.2. The van der Waals surface area contributed by atoms with Crippen molar-refractivity contribution >= 4 is 5.69 Å². The first kappa shape index (κ1) is 14.6. The van der Waals surface area contributed by atoms with Gasteiger partial charge in [0.2, 0.25) is 5.75 Å². The van der Waals surface area contributed by atoms with E-state index in [-0.39, 0.29) is 17.2 Å². The van der Waals surface area contributed by atoms with Crippen molar-refractivity contribution in [3.63, 3.8) is 0 Å². The molecule has 0 atom stereocenters. The zero-order valence-electron chi connectivity index (χ0n) is 11.7. The van der Waals surface area contributed by atoms with Crippen LogP contribution in [0.4, 0.5) is 5.69 Å². The lowest BCUT2D eigenvalue weighted by Crippen LogP contribution is -1.98. The van der Waals surface area contributed by atoms with Crippen molar-refractivity contribution in [2.45, 2.75) is 13.8 Å². The summed E-state index contributed by atoms with van der Waals surface area (Å²) in [7, 11) is 0. The lowest BCUT2D eigenvalue weighted by molar-refractivity contribution is -0.385. The number of benzene rings is 2. The van der Waals surface area contributed by atoms with Crippen LogP contribution in [0.25, 0.3) is 0 Å². The Hall–Kier alpha value is -2.76. The van der Waals surface area contributed by atoms with Crippen LogP contribution in [0.2, 0.25) is 0 Å². The Morgan fingerprint density at radius 1 is 1.24 bits per heavy atom. The van der Waals surface area contributed by atoms with E-state index in [0.29, 0.717) is 23.7 Å². The smallest absolute Gasteiger partial charge is 0.311 e. The van der Waals surface area contributed by atoms with Crippen molar-refractivity contribution in [3.05, 3.63) is 52.1 Å². The minimum Gasteiger partial charge on any atom is -0.508 e. The molecule has 6 nitrogen and oxygen atoms in total. The summed E-state index contributed by atoms with van der Waals surface area (Å²) < 4.78 is 10.9. The maximum atomic E-state index is 10.9. The van der Waals surface area contributed by atoms with Gasteiger partial charge in [0.05, 0.1) is 11.5 Å². The van der Waals surface area contributed by atoms with Crippen molar-refractivity contribution in [2.75, 3.05) is 6.61 Å². The molecule has 110 valence electrons. The van der Waals surface area contributed by atoms with Crippen LogP contribution in [0.5, 0.6) is 23.0 Å². The molecule has 6 heteroatoms. The third kappa shape index (κ3) is 3.22. The van der Waals surface area contributed by atoms with Crippen LogP contribution in [-0.2, 0) is 0 Å². The van der Waals surface area contributed by atoms with E-state index in [1.54, 1.807) is 32.0 Å². The summed E-state index contributed by atoms with van der Waals surface area (Å²) in [6.45, 7) is 3.78. The van der Waals surface area contributed by atoms with Crippen molar-refractivity contribution < 1.29 is 19.5 Å². The third-order valence-corrected chi connectivity index (χ3v) is 2.91. The fourth-order valence-electron chi connectivity index (χ4n) is 1.82. The summed E-state index contributed by atoms with van der Waals surface area (Å²) in [5.41, 5.74) is 0.477. The van der Waals surface area contributed by atoms with Gasteiger partial charge in [-0.25, -0.2) is 0 Å². The fourth-order valence-corrected chi connectivity index (χ4v) is 1.82. The van der Waals surface area contributed by atoms with E-state index in [0.717, 1.165) is 0 Å². The Kier molecular flexibility index (Phi) is 4.27. The van der Waals surface area contributed by atoms with E-state index in [4.69, 9.17) is 9.47 Å². The number of rotatable bonds is 5. The summed E-state index contributed by atoms with van der Waals surface area (Å²) in [5.74, 6) is 1.15. The molecule has 2 aromatic rings. The largest absolute Gasteiger partial charge is 0.508 e. The summed E-state index contributed by atoms with van der Waals surface area (Å²) in [5, 5.41) is 20.6. The van der Waals surface area contributed by atoms with Gasteiger partial charge in [-0.05, 0) is 32.0 Å². The molecule has 0 aromatic heterocycles. The van der Waals surface area contributed by atoms with Crippen LogP contribution in [0, 0.1) is 17.0 Å². The molecule has 0 saturated carbocycles. The minimum absolute atomic E-state index is 0.114. The van der Waals surface area contributed by atoms with E-state index < -0.39 is 4.92 Å². The molecular formula is C15H15NO5. The SMILES string of the molecule is CCOc1cc(Oc2cccc(O)c2C)ccc1[N+](=O)[O-]. The van der Waals surface area contributed by atoms with Crippen LogP contribution < -0.4 is 9.47 Å². The second kappa shape index (κ2) is 6.13. The van der Waals surface area contributed by atoms with E-state index in [9.17, 15) is 15.2 Å². The topological polar surface area (TPSA) is 81.8 Å². The molecule has 0 bridgehead atoms. The van der Waals surface area contributed by atoms with E-state index in [2.05, 4.69) is 0 Å². The van der Waals surface area contributed by atoms with Crippen LogP contribution in [0.1, 0.15) is 12.5 Å². The second-order valence-corrected chi connectivity index (χ2v) is 4.32. The summed E-state index contributed by atoms with van der Waals surface area (Å²) in [6.07, 6.45) is 0. The fraction of sp³-hybridized carbons (Fsp3) is 0.200. The second-order valence-electron chi connectivity index (χ2n) is 4.32. The van der Waals surface area contributed by atoms with Gasteiger partial charge < -0.3 is 14.6 Å². The lowest BCUT2D eigenvalue weighted by atomic mass is 10.2. The highest BCUT2D eigenvalue weighted by Gasteiger charge is 2.16. The van der Waals surface area contributed by atoms with Crippen molar-refractivity contribution in [2.24, 2.45) is 0 Å². The molecule has 0 heterocycles. The molecule has 0 fully saturated rings. The van der Waals surface area contributed by atoms with E-state index in [1.807, 2.05) is 0 Å². The quantitative estimate of drug-likeness (QED) is 0.668. The standard InChI is InChI=1S/C15H15NO5/c1-3-20-15-9-11(7-8-12(15)16(18)19)21-14-6-4-5-13(17)10(14)2/h4-9,17H,3H2,1-2H3. The highest BCUT2D eigenvalue weighted by molar-refractivity contribution is 5.52. The van der Waals surface area contributed by atoms with Gasteiger partial charge in [-0.1, -0.05) is 6.07 Å². The Morgan fingerprint density at radius 2 is 2.00 bits per heavy atom. The molecule has 0 saturated heterocycles. The molecule has 0 aliphatic rings. The van der Waals surface area contributed by atoms with Crippen LogP contribution in [0.3, 0.4) is 0 Å². The summed E-state index contributed by atoms with van der Waals surface area (Å²) >= 11 is 0. The Bertz CT molecular complexity index is 669. The molecular weight excluding hydrogens is 274 g/mol. The Balaban J connectivity index is 2.34. The molecule has 2 aromatic carbocycles. The molecule has 0 aliphatic carbocycles.